The van der Waals surface area contributed by atoms with E-state index in [-0.39, 0.29) is 5.95 Å². The van der Waals surface area contributed by atoms with E-state index in [9.17, 15) is 0 Å². The minimum absolute atomic E-state index is 0.198. The van der Waals surface area contributed by atoms with Crippen LogP contribution in [0.4, 0.5) is 5.95 Å². The molecule has 0 atom stereocenters. The van der Waals surface area contributed by atoms with E-state index >= 15 is 0 Å². The highest BCUT2D eigenvalue weighted by molar-refractivity contribution is 6.30. The molecule has 4 nitrogen and oxygen atoms in total. The molecule has 0 bridgehead atoms. The third-order valence-corrected chi connectivity index (χ3v) is 3.04. The molecule has 1 aromatic heterocycles. The summed E-state index contributed by atoms with van der Waals surface area (Å²) in [5.74, 6) is 1.29. The first-order valence-electron chi connectivity index (χ1n) is 6.05. The van der Waals surface area contributed by atoms with Crippen molar-refractivity contribution >= 4 is 17.5 Å². The molecule has 2 N–H and O–H groups in total. The maximum absolute atomic E-state index is 5.88. The Morgan fingerprint density at radius 2 is 1.25 bits per heavy atom. The van der Waals surface area contributed by atoms with Gasteiger partial charge in [-0.3, -0.25) is 0 Å². The molecule has 5 heteroatoms. The van der Waals surface area contributed by atoms with Gasteiger partial charge in [-0.15, -0.1) is 0 Å². The van der Waals surface area contributed by atoms with E-state index in [1.807, 2.05) is 42.5 Å². The summed E-state index contributed by atoms with van der Waals surface area (Å²) in [7, 11) is 0. The highest BCUT2D eigenvalue weighted by Gasteiger charge is 2.08. The summed E-state index contributed by atoms with van der Waals surface area (Å²) in [4.78, 5) is 12.8. The summed E-state index contributed by atoms with van der Waals surface area (Å²) in [5, 5.41) is 0.666. The quantitative estimate of drug-likeness (QED) is 0.782. The third-order valence-electron chi connectivity index (χ3n) is 2.79. The summed E-state index contributed by atoms with van der Waals surface area (Å²) in [6, 6.07) is 16.9. The first-order chi connectivity index (χ1) is 9.72. The number of rotatable bonds is 2. The second-order valence-electron chi connectivity index (χ2n) is 4.21. The van der Waals surface area contributed by atoms with E-state index in [1.165, 1.54) is 0 Å². The fraction of sp³-hybridized carbons (Fsp3) is 0. The van der Waals surface area contributed by atoms with Crippen LogP contribution in [0.2, 0.25) is 5.02 Å². The van der Waals surface area contributed by atoms with Crippen molar-refractivity contribution in [2.45, 2.75) is 0 Å². The molecule has 3 rings (SSSR count). The van der Waals surface area contributed by atoms with Gasteiger partial charge >= 0.3 is 0 Å². The Labute approximate surface area is 121 Å². The summed E-state index contributed by atoms with van der Waals surface area (Å²) < 4.78 is 0. The van der Waals surface area contributed by atoms with Crippen LogP contribution in [0.15, 0.2) is 54.6 Å². The number of nitrogens with two attached hydrogens (primary N) is 1. The van der Waals surface area contributed by atoms with E-state index < -0.39 is 0 Å². The van der Waals surface area contributed by atoms with Crippen LogP contribution in [0.3, 0.4) is 0 Å². The predicted molar refractivity (Wildman–Crippen MR) is 80.1 cm³/mol. The molecular formula is C15H11ClN4. The molecule has 98 valence electrons. The highest BCUT2D eigenvalue weighted by atomic mass is 35.5. The van der Waals surface area contributed by atoms with Gasteiger partial charge in [0.2, 0.25) is 5.95 Å². The number of anilines is 1. The predicted octanol–water partition coefficient (Wildman–Crippen LogP) is 3.44. The van der Waals surface area contributed by atoms with Gasteiger partial charge in [-0.2, -0.15) is 9.97 Å². The second-order valence-corrected chi connectivity index (χ2v) is 4.65. The van der Waals surface area contributed by atoms with Crippen molar-refractivity contribution in [3.05, 3.63) is 59.6 Å². The van der Waals surface area contributed by atoms with Gasteiger partial charge in [0.1, 0.15) is 0 Å². The van der Waals surface area contributed by atoms with Gasteiger partial charge < -0.3 is 5.73 Å². The van der Waals surface area contributed by atoms with Crippen LogP contribution < -0.4 is 5.73 Å². The van der Waals surface area contributed by atoms with Crippen LogP contribution in [0.5, 0.6) is 0 Å². The fourth-order valence-corrected chi connectivity index (χ4v) is 1.96. The van der Waals surface area contributed by atoms with E-state index in [1.54, 1.807) is 12.1 Å². The van der Waals surface area contributed by atoms with Crippen molar-refractivity contribution < 1.29 is 0 Å². The lowest BCUT2D eigenvalue weighted by molar-refractivity contribution is 1.08. The molecule has 0 radical (unpaired) electrons. The topological polar surface area (TPSA) is 64.7 Å². The average molecular weight is 283 g/mol. The van der Waals surface area contributed by atoms with Gasteiger partial charge in [0.15, 0.2) is 11.6 Å². The summed E-state index contributed by atoms with van der Waals surface area (Å²) in [6.45, 7) is 0. The fourth-order valence-electron chi connectivity index (χ4n) is 1.84. The summed E-state index contributed by atoms with van der Waals surface area (Å²) >= 11 is 5.88. The molecule has 1 heterocycles. The van der Waals surface area contributed by atoms with Gasteiger partial charge in [0.05, 0.1) is 0 Å². The largest absolute Gasteiger partial charge is 0.368 e. The lowest BCUT2D eigenvalue weighted by Crippen LogP contribution is -2.02. The van der Waals surface area contributed by atoms with Crippen molar-refractivity contribution in [2.24, 2.45) is 0 Å². The lowest BCUT2D eigenvalue weighted by Gasteiger charge is -2.05. The van der Waals surface area contributed by atoms with Gasteiger partial charge in [-0.05, 0) is 24.3 Å². The molecule has 0 aliphatic carbocycles. The number of halogens is 1. The highest BCUT2D eigenvalue weighted by Crippen LogP contribution is 2.22. The number of nitrogens with zero attached hydrogens (tertiary/aromatic N) is 3. The van der Waals surface area contributed by atoms with Crippen LogP contribution in [0.25, 0.3) is 22.8 Å². The Bertz CT molecular complexity index is 727. The Morgan fingerprint density at radius 3 is 1.85 bits per heavy atom. The zero-order valence-electron chi connectivity index (χ0n) is 10.5. The molecule has 0 saturated carbocycles. The number of hydrogen-bond donors (Lipinski definition) is 1. The van der Waals surface area contributed by atoms with Crippen molar-refractivity contribution in [1.29, 1.82) is 0 Å². The maximum atomic E-state index is 5.88. The van der Waals surface area contributed by atoms with Gasteiger partial charge in [-0.25, -0.2) is 4.98 Å². The van der Waals surface area contributed by atoms with E-state index in [0.717, 1.165) is 11.1 Å². The molecule has 0 aliphatic heterocycles. The molecule has 2 aromatic carbocycles. The normalized spacial score (nSPS) is 10.4. The van der Waals surface area contributed by atoms with Gasteiger partial charge in [0, 0.05) is 16.1 Å². The van der Waals surface area contributed by atoms with E-state index in [2.05, 4.69) is 15.0 Å². The van der Waals surface area contributed by atoms with Crippen LogP contribution in [-0.2, 0) is 0 Å². The number of hydrogen-bond acceptors (Lipinski definition) is 4. The van der Waals surface area contributed by atoms with Crippen LogP contribution >= 0.6 is 11.6 Å². The zero-order valence-corrected chi connectivity index (χ0v) is 11.2. The lowest BCUT2D eigenvalue weighted by atomic mass is 10.2. The number of nitrogen functional groups attached to an aromatic ring is 1. The summed E-state index contributed by atoms with van der Waals surface area (Å²) in [5.41, 5.74) is 7.52. The van der Waals surface area contributed by atoms with E-state index in [4.69, 9.17) is 17.3 Å². The Hall–Kier alpha value is -2.46. The van der Waals surface area contributed by atoms with Crippen LogP contribution in [-0.4, -0.2) is 15.0 Å². The molecule has 0 unspecified atom stereocenters. The maximum Gasteiger partial charge on any atom is 0.224 e. The first-order valence-corrected chi connectivity index (χ1v) is 6.43. The second kappa shape index (κ2) is 5.27. The van der Waals surface area contributed by atoms with Gasteiger partial charge in [-0.1, -0.05) is 41.9 Å². The average Bonchev–Trinajstić information content (AvgIpc) is 2.48. The monoisotopic (exact) mass is 282 g/mol. The molecule has 20 heavy (non-hydrogen) atoms. The molecule has 3 aromatic rings. The minimum Gasteiger partial charge on any atom is -0.368 e. The first kappa shape index (κ1) is 12.6. The van der Waals surface area contributed by atoms with Crippen molar-refractivity contribution in [3.63, 3.8) is 0 Å². The zero-order chi connectivity index (χ0) is 13.9. The molecular weight excluding hydrogens is 272 g/mol. The van der Waals surface area contributed by atoms with Gasteiger partial charge in [0.25, 0.3) is 0 Å². The molecule has 0 amide bonds. The molecule has 0 saturated heterocycles. The van der Waals surface area contributed by atoms with Crippen LogP contribution in [0.1, 0.15) is 0 Å². The molecule has 0 aliphatic rings. The Balaban J connectivity index is 2.09. The SMILES string of the molecule is Nc1nc(-c2ccccc2)nc(-c2ccc(Cl)cc2)n1. The standard InChI is InChI=1S/C15H11ClN4/c16-12-8-6-11(7-9-12)14-18-13(19-15(17)20-14)10-4-2-1-3-5-10/h1-9H,(H2,17,18,19,20). The van der Waals surface area contributed by atoms with Crippen molar-refractivity contribution in [2.75, 3.05) is 5.73 Å². The molecule has 0 fully saturated rings. The Morgan fingerprint density at radius 1 is 0.700 bits per heavy atom. The minimum atomic E-state index is 0.198. The van der Waals surface area contributed by atoms with Crippen molar-refractivity contribution in [3.8, 4) is 22.8 Å². The van der Waals surface area contributed by atoms with Crippen molar-refractivity contribution in [1.82, 2.24) is 15.0 Å². The number of aromatic nitrogens is 3. The Kier molecular flexibility index (Phi) is 3.31. The van der Waals surface area contributed by atoms with Crippen LogP contribution in [0, 0.1) is 0 Å². The van der Waals surface area contributed by atoms with E-state index in [0.29, 0.717) is 16.7 Å². The smallest absolute Gasteiger partial charge is 0.224 e. The number of benzene rings is 2. The third kappa shape index (κ3) is 2.60. The summed E-state index contributed by atoms with van der Waals surface area (Å²) in [6.07, 6.45) is 0. The molecule has 0 spiro atoms.